The lowest BCUT2D eigenvalue weighted by Crippen LogP contribution is -1.91. The van der Waals surface area contributed by atoms with Gasteiger partial charge in [-0.2, -0.15) is 0 Å². The van der Waals surface area contributed by atoms with E-state index in [4.69, 9.17) is 10.2 Å². The Balaban J connectivity index is 0.000000362. The van der Waals surface area contributed by atoms with Crippen LogP contribution in [-0.4, -0.2) is 43.7 Å². The smallest absolute Gasteiger partial charge is 0.328 e. The number of aromatic nitrogens is 2. The molecule has 0 bridgehead atoms. The summed E-state index contributed by atoms with van der Waals surface area (Å²) in [5.74, 6) is -2.35. The van der Waals surface area contributed by atoms with Crippen molar-refractivity contribution in [3.05, 3.63) is 72.3 Å². The van der Waals surface area contributed by atoms with E-state index in [0.717, 1.165) is 0 Å². The van der Waals surface area contributed by atoms with E-state index in [-0.39, 0.29) is 11.6 Å². The maximum Gasteiger partial charge on any atom is 0.328 e. The third-order valence-electron chi connectivity index (χ3n) is 2.54. The molecule has 0 fully saturated rings. The molecule has 0 atom stereocenters. The lowest BCUT2D eigenvalue weighted by molar-refractivity contribution is -0.134. The number of carboxylic acids is 2. The van der Waals surface area contributed by atoms with Gasteiger partial charge in [0, 0.05) is 48.1 Å². The predicted octanol–water partition coefficient (Wildman–Crippen LogP) is 2.28. The Morgan fingerprint density at radius 2 is 0.962 bits per heavy atom. The van der Waals surface area contributed by atoms with E-state index in [1.165, 1.54) is 13.8 Å². The molecule has 136 valence electrons. The van der Waals surface area contributed by atoms with E-state index in [1.54, 1.807) is 49.1 Å². The summed E-state index contributed by atoms with van der Waals surface area (Å²) in [7, 11) is 0. The summed E-state index contributed by atoms with van der Waals surface area (Å²) in [6.07, 6.45) is 7.55. The van der Waals surface area contributed by atoms with Gasteiger partial charge in [0.2, 0.25) is 0 Å². The first-order valence-corrected chi connectivity index (χ1v) is 7.20. The zero-order chi connectivity index (χ0) is 19.9. The quantitative estimate of drug-likeness (QED) is 0.628. The zero-order valence-electron chi connectivity index (χ0n) is 14.2. The molecule has 0 radical (unpaired) electrons. The lowest BCUT2D eigenvalue weighted by atomic mass is 10.2. The van der Waals surface area contributed by atoms with Crippen LogP contribution < -0.4 is 0 Å². The predicted molar refractivity (Wildman–Crippen MR) is 92.9 cm³/mol. The van der Waals surface area contributed by atoms with Crippen molar-refractivity contribution >= 4 is 23.5 Å². The maximum atomic E-state index is 10.6. The van der Waals surface area contributed by atoms with Crippen LogP contribution in [-0.2, 0) is 9.59 Å². The van der Waals surface area contributed by atoms with Gasteiger partial charge >= 0.3 is 11.9 Å². The van der Waals surface area contributed by atoms with E-state index in [2.05, 4.69) is 9.97 Å². The highest BCUT2D eigenvalue weighted by Gasteiger charge is 1.94. The fourth-order valence-corrected chi connectivity index (χ4v) is 1.32. The average Bonchev–Trinajstić information content (AvgIpc) is 2.62. The van der Waals surface area contributed by atoms with Gasteiger partial charge in [-0.3, -0.25) is 19.6 Å². The van der Waals surface area contributed by atoms with E-state index in [9.17, 15) is 19.2 Å². The van der Waals surface area contributed by atoms with Crippen molar-refractivity contribution in [2.75, 3.05) is 0 Å². The lowest BCUT2D eigenvalue weighted by Gasteiger charge is -1.88. The molecule has 0 saturated carbocycles. The molecule has 2 aromatic rings. The van der Waals surface area contributed by atoms with Gasteiger partial charge in [0.25, 0.3) is 0 Å². The van der Waals surface area contributed by atoms with Crippen molar-refractivity contribution < 1.29 is 29.4 Å². The molecule has 0 aliphatic rings. The number of pyridine rings is 2. The number of aliphatic carboxylic acids is 2. The third kappa shape index (κ3) is 11.8. The summed E-state index contributed by atoms with van der Waals surface area (Å²) in [4.78, 5) is 47.9. The van der Waals surface area contributed by atoms with Gasteiger partial charge in [-0.1, -0.05) is 0 Å². The molecule has 0 unspecified atom stereocenters. The van der Waals surface area contributed by atoms with Crippen molar-refractivity contribution in [2.24, 2.45) is 0 Å². The highest BCUT2D eigenvalue weighted by Crippen LogP contribution is 1.95. The molecule has 0 aromatic carbocycles. The Bertz CT molecular complexity index is 692. The first-order chi connectivity index (χ1) is 12.2. The Morgan fingerprint density at radius 1 is 0.692 bits per heavy atom. The van der Waals surface area contributed by atoms with Crippen molar-refractivity contribution in [1.29, 1.82) is 0 Å². The summed E-state index contributed by atoms with van der Waals surface area (Å²) in [6, 6.07) is 6.79. The van der Waals surface area contributed by atoms with Gasteiger partial charge in [-0.05, 0) is 38.1 Å². The summed E-state index contributed by atoms with van der Waals surface area (Å²) in [5.41, 5.74) is 1.43. The molecular weight excluding hydrogens is 340 g/mol. The summed E-state index contributed by atoms with van der Waals surface area (Å²) in [5, 5.41) is 15.6. The molecule has 0 aliphatic heterocycles. The topological polar surface area (TPSA) is 135 Å². The fourth-order valence-electron chi connectivity index (χ4n) is 1.32. The number of ketones is 2. The fraction of sp³-hybridized carbons (Fsp3) is 0.111. The Labute approximate surface area is 149 Å². The molecule has 26 heavy (non-hydrogen) atoms. The monoisotopic (exact) mass is 358 g/mol. The van der Waals surface area contributed by atoms with Gasteiger partial charge in [-0.25, -0.2) is 9.59 Å². The maximum absolute atomic E-state index is 10.6. The molecule has 0 saturated heterocycles. The van der Waals surface area contributed by atoms with Crippen molar-refractivity contribution in [1.82, 2.24) is 9.97 Å². The van der Waals surface area contributed by atoms with E-state index in [1.807, 2.05) is 0 Å². The van der Waals surface area contributed by atoms with Crippen LogP contribution in [0.1, 0.15) is 34.6 Å². The molecule has 0 amide bonds. The highest BCUT2D eigenvalue weighted by molar-refractivity contribution is 5.94. The van der Waals surface area contributed by atoms with Gasteiger partial charge in [-0.15, -0.1) is 0 Å². The Hall–Kier alpha value is -3.68. The number of carbonyl (C=O) groups excluding carboxylic acids is 2. The highest BCUT2D eigenvalue weighted by atomic mass is 16.4. The SMILES string of the molecule is CC(=O)c1ccncc1.CC(=O)c1ccncc1.O=C(O)/C=C/C(=O)O. The number of carboxylic acid groups (broad SMARTS) is 2. The molecule has 2 aromatic heterocycles. The molecule has 2 rings (SSSR count). The second kappa shape index (κ2) is 12.7. The van der Waals surface area contributed by atoms with Gasteiger partial charge in [0.05, 0.1) is 0 Å². The number of hydrogen-bond donors (Lipinski definition) is 2. The van der Waals surface area contributed by atoms with Crippen LogP contribution >= 0.6 is 0 Å². The average molecular weight is 358 g/mol. The molecule has 2 N–H and O–H groups in total. The van der Waals surface area contributed by atoms with Crippen molar-refractivity contribution in [3.8, 4) is 0 Å². The number of nitrogens with zero attached hydrogens (tertiary/aromatic N) is 2. The number of rotatable bonds is 4. The van der Waals surface area contributed by atoms with Gasteiger partial charge < -0.3 is 10.2 Å². The van der Waals surface area contributed by atoms with E-state index >= 15 is 0 Å². The van der Waals surface area contributed by atoms with Crippen molar-refractivity contribution in [2.45, 2.75) is 13.8 Å². The second-order valence-electron chi connectivity index (χ2n) is 4.59. The first-order valence-electron chi connectivity index (χ1n) is 7.20. The molecule has 2 heterocycles. The Morgan fingerprint density at radius 3 is 1.12 bits per heavy atom. The first kappa shape index (κ1) is 22.3. The molecule has 0 spiro atoms. The molecule has 8 nitrogen and oxygen atoms in total. The number of Topliss-reactive ketones (excluding diaryl/α,β-unsaturated/α-hetero) is 2. The van der Waals surface area contributed by atoms with E-state index in [0.29, 0.717) is 23.3 Å². The number of carbonyl (C=O) groups is 4. The standard InChI is InChI=1S/2C7H7NO.C4H4O4/c2*1-6(9)7-2-4-8-5-3-7;5-3(6)1-2-4(7)8/h2*2-5H,1H3;1-2H,(H,5,6)(H,7,8)/b;;2-1+. The minimum Gasteiger partial charge on any atom is -0.478 e. The molecule has 0 aliphatic carbocycles. The second-order valence-corrected chi connectivity index (χ2v) is 4.59. The van der Waals surface area contributed by atoms with Crippen LogP contribution in [0.3, 0.4) is 0 Å². The van der Waals surface area contributed by atoms with Crippen LogP contribution in [0.25, 0.3) is 0 Å². The normalized spacial score (nSPS) is 9.15. The minimum absolute atomic E-state index is 0.0809. The number of hydrogen-bond acceptors (Lipinski definition) is 6. The molecular formula is C18H18N2O6. The van der Waals surface area contributed by atoms with Crippen LogP contribution in [0.2, 0.25) is 0 Å². The van der Waals surface area contributed by atoms with E-state index < -0.39 is 11.9 Å². The van der Waals surface area contributed by atoms with Crippen LogP contribution in [0.4, 0.5) is 0 Å². The Kier molecular flexibility index (Phi) is 10.9. The van der Waals surface area contributed by atoms with Crippen LogP contribution in [0.15, 0.2) is 61.2 Å². The minimum atomic E-state index is -1.26. The van der Waals surface area contributed by atoms with Gasteiger partial charge in [0.1, 0.15) is 0 Å². The third-order valence-corrected chi connectivity index (χ3v) is 2.54. The zero-order valence-corrected chi connectivity index (χ0v) is 14.2. The van der Waals surface area contributed by atoms with Gasteiger partial charge in [0.15, 0.2) is 11.6 Å². The summed E-state index contributed by atoms with van der Waals surface area (Å²) in [6.45, 7) is 3.07. The summed E-state index contributed by atoms with van der Waals surface area (Å²) >= 11 is 0. The molecule has 8 heteroatoms. The van der Waals surface area contributed by atoms with Crippen LogP contribution in [0, 0.1) is 0 Å². The van der Waals surface area contributed by atoms with Crippen molar-refractivity contribution in [3.63, 3.8) is 0 Å². The van der Waals surface area contributed by atoms with Crippen LogP contribution in [0.5, 0.6) is 0 Å². The summed E-state index contributed by atoms with van der Waals surface area (Å²) < 4.78 is 0. The largest absolute Gasteiger partial charge is 0.478 e.